The maximum atomic E-state index is 9.25. The second-order valence-corrected chi connectivity index (χ2v) is 7.20. The molecule has 0 spiro atoms. The Morgan fingerprint density at radius 2 is 0.941 bits per heavy atom. The summed E-state index contributed by atoms with van der Waals surface area (Å²) in [5, 5.41) is 22.1. The van der Waals surface area contributed by atoms with Crippen LogP contribution in [0.25, 0.3) is 32.7 Å². The molecule has 0 aliphatic carbocycles. The molecule has 4 rings (SSSR count). The first-order valence-electron chi connectivity index (χ1n) is 10.4. The summed E-state index contributed by atoms with van der Waals surface area (Å²) >= 11 is 0. The Balaban J connectivity index is 2.18. The molecule has 0 aromatic heterocycles. The Kier molecular flexibility index (Phi) is 6.47. The van der Waals surface area contributed by atoms with Gasteiger partial charge in [-0.15, -0.1) is 0 Å². The largest absolute Gasteiger partial charge is 0.496 e. The standard InChI is InChI=1S/C30H18N2O2/c1-33-29-17-5-11-25-21(9-3-13-27(25)29)23(15-7-19-31)24(16-8-20-32)22-10-4-14-28-26(22)12-6-18-30(28)34-2/h3-6,9-14,17-18H,1-2H3/b24-23+. The molecule has 4 aromatic rings. The minimum Gasteiger partial charge on any atom is -0.496 e. The van der Waals surface area contributed by atoms with Gasteiger partial charge >= 0.3 is 0 Å². The van der Waals surface area contributed by atoms with Gasteiger partial charge in [0.1, 0.15) is 11.5 Å². The third-order valence-corrected chi connectivity index (χ3v) is 5.48. The van der Waals surface area contributed by atoms with Crippen LogP contribution >= 0.6 is 0 Å². The monoisotopic (exact) mass is 438 g/mol. The molecule has 4 aromatic carbocycles. The van der Waals surface area contributed by atoms with Crippen LogP contribution in [0.3, 0.4) is 0 Å². The van der Waals surface area contributed by atoms with Crippen molar-refractivity contribution in [1.29, 1.82) is 10.5 Å². The van der Waals surface area contributed by atoms with Crippen molar-refractivity contribution in [2.45, 2.75) is 0 Å². The zero-order chi connectivity index (χ0) is 23.9. The zero-order valence-corrected chi connectivity index (χ0v) is 18.6. The van der Waals surface area contributed by atoms with E-state index >= 15 is 0 Å². The Morgan fingerprint density at radius 3 is 1.32 bits per heavy atom. The van der Waals surface area contributed by atoms with Gasteiger partial charge in [0, 0.05) is 33.8 Å². The number of ether oxygens (including phenoxy) is 2. The normalized spacial score (nSPS) is 10.6. The average molecular weight is 438 g/mol. The van der Waals surface area contributed by atoms with E-state index in [4.69, 9.17) is 9.47 Å². The van der Waals surface area contributed by atoms with Crippen molar-refractivity contribution in [2.75, 3.05) is 14.2 Å². The van der Waals surface area contributed by atoms with Gasteiger partial charge in [-0.25, -0.2) is 0 Å². The molecule has 0 saturated heterocycles. The molecule has 0 saturated carbocycles. The number of nitriles is 2. The van der Waals surface area contributed by atoms with Crippen LogP contribution in [0.4, 0.5) is 0 Å². The first-order valence-corrected chi connectivity index (χ1v) is 10.4. The summed E-state index contributed by atoms with van der Waals surface area (Å²) in [6.45, 7) is 0. The second kappa shape index (κ2) is 9.97. The van der Waals surface area contributed by atoms with Gasteiger partial charge in [-0.05, 0) is 45.9 Å². The van der Waals surface area contributed by atoms with E-state index in [0.29, 0.717) is 11.1 Å². The lowest BCUT2D eigenvalue weighted by molar-refractivity contribution is 0.419. The Labute approximate surface area is 198 Å². The molecule has 0 N–H and O–H groups in total. The highest BCUT2D eigenvalue weighted by molar-refractivity contribution is 6.14. The van der Waals surface area contributed by atoms with Crippen molar-refractivity contribution in [3.05, 3.63) is 83.9 Å². The number of hydrogen-bond acceptors (Lipinski definition) is 4. The molecular formula is C30H18N2O2. The van der Waals surface area contributed by atoms with E-state index in [-0.39, 0.29) is 0 Å². The Hall–Kier alpha value is -5.16. The Morgan fingerprint density at radius 1 is 0.559 bits per heavy atom. The zero-order valence-electron chi connectivity index (χ0n) is 18.6. The number of hydrogen-bond donors (Lipinski definition) is 0. The molecule has 0 radical (unpaired) electrons. The van der Waals surface area contributed by atoms with Gasteiger partial charge in [-0.1, -0.05) is 60.7 Å². The molecule has 0 fully saturated rings. The highest BCUT2D eigenvalue weighted by atomic mass is 16.5. The van der Waals surface area contributed by atoms with Crippen LogP contribution in [0.15, 0.2) is 72.8 Å². The molecule has 4 nitrogen and oxygen atoms in total. The maximum Gasteiger partial charge on any atom is 0.152 e. The predicted molar refractivity (Wildman–Crippen MR) is 135 cm³/mol. The lowest BCUT2D eigenvalue weighted by Crippen LogP contribution is -1.95. The number of nitrogens with zero attached hydrogens (tertiary/aromatic N) is 2. The second-order valence-electron chi connectivity index (χ2n) is 7.20. The average Bonchev–Trinajstić information content (AvgIpc) is 2.89. The molecule has 0 amide bonds. The SMILES string of the molecule is COc1cccc2c(/C(C#CC#N)=C(\C#CC#N)c3cccc4c(OC)cccc34)cccc12. The predicted octanol–water partition coefficient (Wildman–Crippen LogP) is 5.97. The van der Waals surface area contributed by atoms with Gasteiger partial charge in [-0.3, -0.25) is 0 Å². The van der Waals surface area contributed by atoms with Crippen LogP contribution in [0, 0.1) is 46.3 Å². The minimum absolute atomic E-state index is 0.554. The molecule has 0 bridgehead atoms. The number of fused-ring (bicyclic) bond motifs is 2. The number of methoxy groups -OCH3 is 2. The van der Waals surface area contributed by atoms with Gasteiger partial charge < -0.3 is 9.47 Å². The summed E-state index contributed by atoms with van der Waals surface area (Å²) in [6, 6.07) is 27.0. The van der Waals surface area contributed by atoms with E-state index in [0.717, 1.165) is 44.2 Å². The third kappa shape index (κ3) is 4.01. The van der Waals surface area contributed by atoms with Crippen molar-refractivity contribution in [3.63, 3.8) is 0 Å². The van der Waals surface area contributed by atoms with E-state index in [1.807, 2.05) is 84.9 Å². The molecule has 0 heterocycles. The molecule has 34 heavy (non-hydrogen) atoms. The van der Waals surface area contributed by atoms with Gasteiger partial charge in [-0.2, -0.15) is 10.5 Å². The van der Waals surface area contributed by atoms with E-state index < -0.39 is 0 Å². The summed E-state index contributed by atoms with van der Waals surface area (Å²) in [7, 11) is 3.25. The molecule has 0 unspecified atom stereocenters. The molecule has 0 aliphatic rings. The van der Waals surface area contributed by atoms with Crippen LogP contribution < -0.4 is 9.47 Å². The van der Waals surface area contributed by atoms with Gasteiger partial charge in [0.15, 0.2) is 12.1 Å². The fourth-order valence-electron chi connectivity index (χ4n) is 4.06. The van der Waals surface area contributed by atoms with E-state index in [1.165, 1.54) is 0 Å². The first-order chi connectivity index (χ1) is 16.7. The minimum atomic E-state index is 0.554. The quantitative estimate of drug-likeness (QED) is 0.291. The van der Waals surface area contributed by atoms with E-state index in [2.05, 4.69) is 23.7 Å². The lowest BCUT2D eigenvalue weighted by atomic mass is 9.89. The fourth-order valence-corrected chi connectivity index (χ4v) is 4.06. The summed E-state index contributed by atoms with van der Waals surface area (Å²) in [5.74, 6) is 12.5. The van der Waals surface area contributed by atoms with Gasteiger partial charge in [0.05, 0.1) is 14.2 Å². The van der Waals surface area contributed by atoms with Crippen LogP contribution in [-0.4, -0.2) is 14.2 Å². The summed E-state index contributed by atoms with van der Waals surface area (Å²) in [5.41, 5.74) is 2.69. The smallest absolute Gasteiger partial charge is 0.152 e. The van der Waals surface area contributed by atoms with Crippen LogP contribution in [0.5, 0.6) is 11.5 Å². The van der Waals surface area contributed by atoms with Crippen molar-refractivity contribution in [3.8, 4) is 47.3 Å². The van der Waals surface area contributed by atoms with Crippen molar-refractivity contribution in [2.24, 2.45) is 0 Å². The van der Waals surface area contributed by atoms with Crippen LogP contribution in [0.1, 0.15) is 11.1 Å². The fraction of sp³-hybridized carbons (Fsp3) is 0.0667. The van der Waals surface area contributed by atoms with E-state index in [1.54, 1.807) is 14.2 Å². The summed E-state index contributed by atoms with van der Waals surface area (Å²) < 4.78 is 11.1. The number of rotatable bonds is 4. The van der Waals surface area contributed by atoms with Crippen LogP contribution in [-0.2, 0) is 0 Å². The topological polar surface area (TPSA) is 66.0 Å². The molecule has 0 aliphatic heterocycles. The molecule has 0 atom stereocenters. The van der Waals surface area contributed by atoms with E-state index in [9.17, 15) is 10.5 Å². The highest BCUT2D eigenvalue weighted by Gasteiger charge is 2.16. The molecule has 160 valence electrons. The lowest BCUT2D eigenvalue weighted by Gasteiger charge is -2.14. The highest BCUT2D eigenvalue weighted by Crippen LogP contribution is 2.37. The van der Waals surface area contributed by atoms with Crippen molar-refractivity contribution >= 4 is 32.7 Å². The van der Waals surface area contributed by atoms with Gasteiger partial charge in [0.2, 0.25) is 0 Å². The third-order valence-electron chi connectivity index (χ3n) is 5.48. The molecular weight excluding hydrogens is 420 g/mol. The summed E-state index contributed by atoms with van der Waals surface area (Å²) in [6.07, 6.45) is 0. The van der Waals surface area contributed by atoms with Crippen molar-refractivity contribution in [1.82, 2.24) is 0 Å². The van der Waals surface area contributed by atoms with Crippen LogP contribution in [0.2, 0.25) is 0 Å². The van der Waals surface area contributed by atoms with Gasteiger partial charge in [0.25, 0.3) is 0 Å². The summed E-state index contributed by atoms with van der Waals surface area (Å²) in [4.78, 5) is 0. The van der Waals surface area contributed by atoms with Crippen molar-refractivity contribution < 1.29 is 9.47 Å². The maximum absolute atomic E-state index is 9.25. The number of allylic oxidation sites excluding steroid dienone is 2. The molecule has 4 heteroatoms. The number of benzene rings is 4. The Bertz CT molecular complexity index is 1530. The first kappa shape index (κ1) is 22.0.